The topological polar surface area (TPSA) is 44.9 Å². The van der Waals surface area contributed by atoms with Crippen LogP contribution in [0.15, 0.2) is 91.1 Å². The molecule has 1 heterocycles. The molecule has 2 N–H and O–H groups in total. The third-order valence-corrected chi connectivity index (χ3v) is 4.60. The third-order valence-electron chi connectivity index (χ3n) is 4.60. The van der Waals surface area contributed by atoms with Crippen molar-refractivity contribution in [3.8, 4) is 0 Å². The van der Waals surface area contributed by atoms with Crippen LogP contribution in [-0.2, 0) is 11.2 Å². The van der Waals surface area contributed by atoms with E-state index in [-0.39, 0.29) is 11.9 Å². The summed E-state index contributed by atoms with van der Waals surface area (Å²) in [7, 11) is 0. The summed E-state index contributed by atoms with van der Waals surface area (Å²) in [4.78, 5) is 16.0. The van der Waals surface area contributed by atoms with E-state index in [0.717, 1.165) is 27.6 Å². The molecule has 26 heavy (non-hydrogen) atoms. The van der Waals surface area contributed by atoms with Gasteiger partial charge in [0, 0.05) is 17.1 Å². The van der Waals surface area contributed by atoms with E-state index in [9.17, 15) is 4.79 Å². The highest BCUT2D eigenvalue weighted by Crippen LogP contribution is 2.23. The zero-order valence-corrected chi connectivity index (χ0v) is 14.4. The molecule has 0 aliphatic carbocycles. The highest BCUT2D eigenvalue weighted by atomic mass is 16.1. The lowest BCUT2D eigenvalue weighted by molar-refractivity contribution is -0.120. The van der Waals surface area contributed by atoms with Crippen LogP contribution < -0.4 is 5.32 Å². The van der Waals surface area contributed by atoms with E-state index in [4.69, 9.17) is 0 Å². The van der Waals surface area contributed by atoms with Crippen molar-refractivity contribution in [3.63, 3.8) is 0 Å². The number of rotatable bonds is 5. The maximum absolute atomic E-state index is 12.8. The van der Waals surface area contributed by atoms with E-state index in [1.165, 1.54) is 0 Å². The Balaban J connectivity index is 1.58. The molecule has 0 saturated carbocycles. The van der Waals surface area contributed by atoms with Gasteiger partial charge in [-0.3, -0.25) is 4.79 Å². The second-order valence-electron chi connectivity index (χ2n) is 6.36. The molecule has 1 amide bonds. The fourth-order valence-corrected chi connectivity index (χ4v) is 3.31. The van der Waals surface area contributed by atoms with Crippen LogP contribution in [0.4, 0.5) is 0 Å². The minimum absolute atomic E-state index is 0.00691. The van der Waals surface area contributed by atoms with Gasteiger partial charge in [-0.15, -0.1) is 0 Å². The smallest absolute Gasteiger partial charge is 0.225 e. The number of amides is 1. The average Bonchev–Trinajstić information content (AvgIpc) is 3.10. The summed E-state index contributed by atoms with van der Waals surface area (Å²) < 4.78 is 0. The van der Waals surface area contributed by atoms with E-state index in [2.05, 4.69) is 10.3 Å². The zero-order chi connectivity index (χ0) is 17.8. The van der Waals surface area contributed by atoms with Crippen molar-refractivity contribution in [2.75, 3.05) is 0 Å². The van der Waals surface area contributed by atoms with Crippen LogP contribution in [0, 0.1) is 0 Å². The minimum atomic E-state index is -0.157. The monoisotopic (exact) mass is 340 g/mol. The molecule has 4 aromatic rings. The van der Waals surface area contributed by atoms with E-state index < -0.39 is 0 Å². The zero-order valence-electron chi connectivity index (χ0n) is 14.4. The first-order chi connectivity index (χ1) is 12.8. The number of fused-ring (bicyclic) bond motifs is 1. The molecule has 1 aromatic heterocycles. The molecule has 0 bridgehead atoms. The summed E-state index contributed by atoms with van der Waals surface area (Å²) in [6, 6.07) is 28.0. The Morgan fingerprint density at radius 1 is 0.808 bits per heavy atom. The van der Waals surface area contributed by atoms with Crippen LogP contribution in [0.5, 0.6) is 0 Å². The molecule has 0 aliphatic heterocycles. The second kappa shape index (κ2) is 7.28. The van der Waals surface area contributed by atoms with Gasteiger partial charge in [0.2, 0.25) is 5.91 Å². The van der Waals surface area contributed by atoms with Gasteiger partial charge in [0.1, 0.15) is 0 Å². The van der Waals surface area contributed by atoms with Crippen LogP contribution in [0.1, 0.15) is 22.7 Å². The Bertz CT molecular complexity index is 967. The molecule has 0 fully saturated rings. The van der Waals surface area contributed by atoms with E-state index >= 15 is 0 Å². The van der Waals surface area contributed by atoms with Crippen LogP contribution in [0.3, 0.4) is 0 Å². The lowest BCUT2D eigenvalue weighted by Gasteiger charge is -2.20. The molecule has 0 radical (unpaired) electrons. The molecule has 3 nitrogen and oxygen atoms in total. The maximum Gasteiger partial charge on any atom is 0.225 e. The summed E-state index contributed by atoms with van der Waals surface area (Å²) in [5.74, 6) is 0.00691. The first kappa shape index (κ1) is 16.2. The van der Waals surface area contributed by atoms with Gasteiger partial charge >= 0.3 is 0 Å². The van der Waals surface area contributed by atoms with Gasteiger partial charge < -0.3 is 10.3 Å². The van der Waals surface area contributed by atoms with Gasteiger partial charge in [-0.2, -0.15) is 0 Å². The molecule has 0 spiro atoms. The molecule has 3 aromatic carbocycles. The summed E-state index contributed by atoms with van der Waals surface area (Å²) in [6.45, 7) is 0. The molecular formula is C23H20N2O. The number of H-pyrrole nitrogens is 1. The molecular weight excluding hydrogens is 320 g/mol. The van der Waals surface area contributed by atoms with Crippen molar-refractivity contribution in [2.45, 2.75) is 12.5 Å². The number of para-hydroxylation sites is 1. The minimum Gasteiger partial charge on any atom is -0.361 e. The molecule has 0 saturated heterocycles. The fraction of sp³-hybridized carbons (Fsp3) is 0.0870. The van der Waals surface area contributed by atoms with Gasteiger partial charge in [-0.1, -0.05) is 78.9 Å². The third kappa shape index (κ3) is 3.38. The van der Waals surface area contributed by atoms with Gasteiger partial charge in [0.15, 0.2) is 0 Å². The summed E-state index contributed by atoms with van der Waals surface area (Å²) in [6.07, 6.45) is 2.27. The van der Waals surface area contributed by atoms with Gasteiger partial charge in [-0.25, -0.2) is 0 Å². The lowest BCUT2D eigenvalue weighted by atomic mass is 9.98. The normalized spacial score (nSPS) is 11.0. The number of aromatic nitrogens is 1. The molecule has 4 rings (SSSR count). The number of aromatic amines is 1. The maximum atomic E-state index is 12.8. The summed E-state index contributed by atoms with van der Waals surface area (Å²) in [5.41, 5.74) is 4.22. The van der Waals surface area contributed by atoms with Crippen molar-refractivity contribution in [1.29, 1.82) is 0 Å². The first-order valence-corrected chi connectivity index (χ1v) is 8.75. The molecule has 128 valence electrons. The number of carbonyl (C=O) groups is 1. The number of nitrogens with one attached hydrogen (secondary N) is 2. The molecule has 0 aliphatic rings. The number of hydrogen-bond donors (Lipinski definition) is 2. The summed E-state index contributed by atoms with van der Waals surface area (Å²) in [5, 5.41) is 4.30. The highest BCUT2D eigenvalue weighted by Gasteiger charge is 2.17. The quantitative estimate of drug-likeness (QED) is 0.547. The van der Waals surface area contributed by atoms with Crippen LogP contribution >= 0.6 is 0 Å². The molecule has 3 heteroatoms. The number of benzene rings is 3. The van der Waals surface area contributed by atoms with Crippen molar-refractivity contribution < 1.29 is 4.79 Å². The Hall–Kier alpha value is -3.33. The Morgan fingerprint density at radius 2 is 1.38 bits per heavy atom. The first-order valence-electron chi connectivity index (χ1n) is 8.75. The van der Waals surface area contributed by atoms with Crippen LogP contribution in [0.2, 0.25) is 0 Å². The predicted molar refractivity (Wildman–Crippen MR) is 105 cm³/mol. The van der Waals surface area contributed by atoms with Gasteiger partial charge in [0.05, 0.1) is 12.5 Å². The van der Waals surface area contributed by atoms with Crippen molar-refractivity contribution >= 4 is 16.8 Å². The standard InChI is InChI=1S/C23H20N2O/c26-22(15-19-16-24-21-14-8-7-13-20(19)21)25-23(17-9-3-1-4-10-17)18-11-5-2-6-12-18/h1-14,16,23-24H,15H2,(H,25,26). The highest BCUT2D eigenvalue weighted by molar-refractivity contribution is 5.89. The van der Waals surface area contributed by atoms with Crippen LogP contribution in [-0.4, -0.2) is 10.9 Å². The van der Waals surface area contributed by atoms with Crippen molar-refractivity contribution in [3.05, 3.63) is 108 Å². The van der Waals surface area contributed by atoms with E-state index in [1.807, 2.05) is 91.1 Å². The van der Waals surface area contributed by atoms with Gasteiger partial charge in [0.25, 0.3) is 0 Å². The fourth-order valence-electron chi connectivity index (χ4n) is 3.31. The van der Waals surface area contributed by atoms with Crippen molar-refractivity contribution in [2.24, 2.45) is 0 Å². The predicted octanol–water partition coefficient (Wildman–Crippen LogP) is 4.62. The van der Waals surface area contributed by atoms with E-state index in [1.54, 1.807) is 0 Å². The van der Waals surface area contributed by atoms with Crippen molar-refractivity contribution in [1.82, 2.24) is 10.3 Å². The van der Waals surface area contributed by atoms with E-state index in [0.29, 0.717) is 6.42 Å². The average molecular weight is 340 g/mol. The second-order valence-corrected chi connectivity index (χ2v) is 6.36. The SMILES string of the molecule is O=C(Cc1c[nH]c2ccccc12)NC(c1ccccc1)c1ccccc1. The van der Waals surface area contributed by atoms with Crippen LogP contribution in [0.25, 0.3) is 10.9 Å². The lowest BCUT2D eigenvalue weighted by Crippen LogP contribution is -2.30. The Labute approximate surface area is 152 Å². The largest absolute Gasteiger partial charge is 0.361 e. The van der Waals surface area contributed by atoms with Gasteiger partial charge in [-0.05, 0) is 22.8 Å². The molecule has 0 atom stereocenters. The Morgan fingerprint density at radius 3 is 2.04 bits per heavy atom. The number of hydrogen-bond acceptors (Lipinski definition) is 1. The number of carbonyl (C=O) groups excluding carboxylic acids is 1. The molecule has 0 unspecified atom stereocenters. The Kier molecular flexibility index (Phi) is 4.52. The summed E-state index contributed by atoms with van der Waals surface area (Å²) >= 11 is 0.